The van der Waals surface area contributed by atoms with Gasteiger partial charge in [-0.25, -0.2) is 0 Å². The number of ether oxygens (including phenoxy) is 1. The number of morpholine rings is 1. The SMILES string of the molecule is CNC(=O)[C@H]1COCCN1Cc1ccccc1. The molecule has 1 aliphatic rings. The van der Waals surface area contributed by atoms with Crippen LogP contribution in [0.3, 0.4) is 0 Å². The topological polar surface area (TPSA) is 41.6 Å². The summed E-state index contributed by atoms with van der Waals surface area (Å²) in [6.07, 6.45) is 0. The van der Waals surface area contributed by atoms with Crippen molar-refractivity contribution < 1.29 is 9.53 Å². The third-order valence-corrected chi connectivity index (χ3v) is 3.02. The largest absolute Gasteiger partial charge is 0.378 e. The number of hydrogen-bond donors (Lipinski definition) is 1. The Kier molecular flexibility index (Phi) is 4.12. The zero-order valence-electron chi connectivity index (χ0n) is 10.1. The first kappa shape index (κ1) is 12.1. The minimum atomic E-state index is -0.172. The highest BCUT2D eigenvalue weighted by Crippen LogP contribution is 2.12. The smallest absolute Gasteiger partial charge is 0.239 e. The Balaban J connectivity index is 2.04. The standard InChI is InChI=1S/C13H18N2O2/c1-14-13(16)12-10-17-8-7-15(12)9-11-5-3-2-4-6-11/h2-6,12H,7-10H2,1H3,(H,14,16)/t12-/m1/s1. The van der Waals surface area contributed by atoms with Crippen molar-refractivity contribution in [3.63, 3.8) is 0 Å². The van der Waals surface area contributed by atoms with E-state index in [1.807, 2.05) is 18.2 Å². The first-order valence-electron chi connectivity index (χ1n) is 5.88. The fraction of sp³-hybridized carbons (Fsp3) is 0.462. The quantitative estimate of drug-likeness (QED) is 0.834. The minimum Gasteiger partial charge on any atom is -0.378 e. The molecular formula is C13H18N2O2. The van der Waals surface area contributed by atoms with Gasteiger partial charge in [-0.3, -0.25) is 9.69 Å². The third-order valence-electron chi connectivity index (χ3n) is 3.02. The molecule has 0 bridgehead atoms. The lowest BCUT2D eigenvalue weighted by atomic mass is 10.1. The van der Waals surface area contributed by atoms with Crippen molar-refractivity contribution >= 4 is 5.91 Å². The van der Waals surface area contributed by atoms with Gasteiger partial charge in [0.2, 0.25) is 5.91 Å². The number of rotatable bonds is 3. The molecule has 1 aromatic rings. The van der Waals surface area contributed by atoms with Crippen molar-refractivity contribution in [1.29, 1.82) is 0 Å². The summed E-state index contributed by atoms with van der Waals surface area (Å²) in [5.41, 5.74) is 1.23. The zero-order chi connectivity index (χ0) is 12.1. The maximum atomic E-state index is 11.7. The van der Waals surface area contributed by atoms with Crippen LogP contribution >= 0.6 is 0 Å². The highest BCUT2D eigenvalue weighted by atomic mass is 16.5. The van der Waals surface area contributed by atoms with E-state index in [4.69, 9.17) is 4.74 Å². The summed E-state index contributed by atoms with van der Waals surface area (Å²) >= 11 is 0. The lowest BCUT2D eigenvalue weighted by Gasteiger charge is -2.34. The summed E-state index contributed by atoms with van der Waals surface area (Å²) in [5, 5.41) is 2.69. The number of nitrogens with zero attached hydrogens (tertiary/aromatic N) is 1. The molecule has 4 nitrogen and oxygen atoms in total. The predicted molar refractivity (Wildman–Crippen MR) is 65.5 cm³/mol. The molecule has 1 atom stereocenters. The molecule has 0 unspecified atom stereocenters. The lowest BCUT2D eigenvalue weighted by molar-refractivity contribution is -0.132. The molecule has 17 heavy (non-hydrogen) atoms. The third kappa shape index (κ3) is 3.05. The second-order valence-electron chi connectivity index (χ2n) is 4.16. The summed E-state index contributed by atoms with van der Waals surface area (Å²) < 4.78 is 5.37. The Morgan fingerprint density at radius 1 is 1.47 bits per heavy atom. The average molecular weight is 234 g/mol. The van der Waals surface area contributed by atoms with Crippen LogP contribution in [0.4, 0.5) is 0 Å². The Labute approximate surface area is 102 Å². The van der Waals surface area contributed by atoms with E-state index in [1.165, 1.54) is 5.56 Å². The van der Waals surface area contributed by atoms with E-state index in [9.17, 15) is 4.79 Å². The summed E-state index contributed by atoms with van der Waals surface area (Å²) in [6.45, 7) is 2.77. The van der Waals surface area contributed by atoms with Crippen molar-refractivity contribution in [3.8, 4) is 0 Å². The lowest BCUT2D eigenvalue weighted by Crippen LogP contribution is -2.52. The van der Waals surface area contributed by atoms with Gasteiger partial charge in [-0.1, -0.05) is 30.3 Å². The van der Waals surface area contributed by atoms with Gasteiger partial charge in [-0.05, 0) is 5.56 Å². The number of hydrogen-bond acceptors (Lipinski definition) is 3. The molecule has 1 heterocycles. The summed E-state index contributed by atoms with van der Waals surface area (Å²) in [7, 11) is 1.66. The van der Waals surface area contributed by atoms with Gasteiger partial charge in [0.05, 0.1) is 13.2 Å². The van der Waals surface area contributed by atoms with Crippen LogP contribution in [0.25, 0.3) is 0 Å². The van der Waals surface area contributed by atoms with Crippen LogP contribution in [0, 0.1) is 0 Å². The molecule has 92 valence electrons. The Morgan fingerprint density at radius 3 is 2.94 bits per heavy atom. The van der Waals surface area contributed by atoms with E-state index in [2.05, 4.69) is 22.3 Å². The van der Waals surface area contributed by atoms with Gasteiger partial charge in [0.15, 0.2) is 0 Å². The Bertz CT molecular complexity index is 367. The summed E-state index contributed by atoms with van der Waals surface area (Å²) in [5.74, 6) is 0.0284. The van der Waals surface area contributed by atoms with Crippen molar-refractivity contribution in [3.05, 3.63) is 35.9 Å². The van der Waals surface area contributed by atoms with Gasteiger partial charge in [0, 0.05) is 20.1 Å². The second kappa shape index (κ2) is 5.80. The molecule has 0 spiro atoms. The van der Waals surface area contributed by atoms with Crippen molar-refractivity contribution in [1.82, 2.24) is 10.2 Å². The van der Waals surface area contributed by atoms with Crippen molar-refractivity contribution in [2.24, 2.45) is 0 Å². The van der Waals surface area contributed by atoms with Gasteiger partial charge in [0.25, 0.3) is 0 Å². The summed E-state index contributed by atoms with van der Waals surface area (Å²) in [4.78, 5) is 13.9. The van der Waals surface area contributed by atoms with E-state index >= 15 is 0 Å². The number of carbonyl (C=O) groups excluding carboxylic acids is 1. The van der Waals surface area contributed by atoms with E-state index in [-0.39, 0.29) is 11.9 Å². The van der Waals surface area contributed by atoms with Gasteiger partial charge < -0.3 is 10.1 Å². The molecule has 4 heteroatoms. The number of carbonyl (C=O) groups is 1. The van der Waals surface area contributed by atoms with E-state index in [0.717, 1.165) is 13.1 Å². The molecule has 0 radical (unpaired) electrons. The molecule has 0 saturated carbocycles. The van der Waals surface area contributed by atoms with Crippen LogP contribution in [0.1, 0.15) is 5.56 Å². The molecule has 1 fully saturated rings. The normalized spacial score (nSPS) is 21.1. The Hall–Kier alpha value is -1.39. The van der Waals surface area contributed by atoms with Crippen LogP contribution in [0.5, 0.6) is 0 Å². The fourth-order valence-corrected chi connectivity index (χ4v) is 2.05. The Morgan fingerprint density at radius 2 is 2.24 bits per heavy atom. The first-order chi connectivity index (χ1) is 8.31. The second-order valence-corrected chi connectivity index (χ2v) is 4.16. The number of nitrogens with one attached hydrogen (secondary N) is 1. The molecule has 1 aliphatic heterocycles. The van der Waals surface area contributed by atoms with Crippen molar-refractivity contribution in [2.45, 2.75) is 12.6 Å². The fourth-order valence-electron chi connectivity index (χ4n) is 2.05. The number of benzene rings is 1. The minimum absolute atomic E-state index is 0.0284. The maximum Gasteiger partial charge on any atom is 0.239 e. The maximum absolute atomic E-state index is 11.7. The van der Waals surface area contributed by atoms with E-state index in [0.29, 0.717) is 13.2 Å². The van der Waals surface area contributed by atoms with Gasteiger partial charge in [-0.15, -0.1) is 0 Å². The van der Waals surface area contributed by atoms with Crippen LogP contribution in [0.15, 0.2) is 30.3 Å². The summed E-state index contributed by atoms with van der Waals surface area (Å²) in [6, 6.07) is 10.0. The van der Waals surface area contributed by atoms with Crippen LogP contribution in [0.2, 0.25) is 0 Å². The molecule has 1 saturated heterocycles. The van der Waals surface area contributed by atoms with Gasteiger partial charge in [0.1, 0.15) is 6.04 Å². The molecule has 1 amide bonds. The number of amides is 1. The monoisotopic (exact) mass is 234 g/mol. The molecule has 0 aromatic heterocycles. The zero-order valence-corrected chi connectivity index (χ0v) is 10.1. The molecule has 0 aliphatic carbocycles. The average Bonchev–Trinajstić information content (AvgIpc) is 2.40. The highest BCUT2D eigenvalue weighted by Gasteiger charge is 2.28. The van der Waals surface area contributed by atoms with Gasteiger partial charge in [-0.2, -0.15) is 0 Å². The van der Waals surface area contributed by atoms with Crippen LogP contribution in [-0.4, -0.2) is 43.7 Å². The van der Waals surface area contributed by atoms with E-state index < -0.39 is 0 Å². The molecule has 1 N–H and O–H groups in total. The molecule has 1 aromatic carbocycles. The van der Waals surface area contributed by atoms with Crippen LogP contribution in [-0.2, 0) is 16.1 Å². The highest BCUT2D eigenvalue weighted by molar-refractivity contribution is 5.81. The number of likely N-dealkylation sites (N-methyl/N-ethyl adjacent to an activating group) is 1. The van der Waals surface area contributed by atoms with E-state index in [1.54, 1.807) is 7.05 Å². The van der Waals surface area contributed by atoms with Gasteiger partial charge >= 0.3 is 0 Å². The molecule has 2 rings (SSSR count). The van der Waals surface area contributed by atoms with Crippen LogP contribution < -0.4 is 5.32 Å². The first-order valence-corrected chi connectivity index (χ1v) is 5.88. The predicted octanol–water partition coefficient (Wildman–Crippen LogP) is 0.633. The molecular weight excluding hydrogens is 216 g/mol. The van der Waals surface area contributed by atoms with Crippen molar-refractivity contribution in [2.75, 3.05) is 26.8 Å².